The van der Waals surface area contributed by atoms with Crippen molar-refractivity contribution in [3.8, 4) is 11.3 Å². The van der Waals surface area contributed by atoms with E-state index in [4.69, 9.17) is 28.9 Å². The number of halogens is 2. The molecule has 4 rings (SSSR count). The van der Waals surface area contributed by atoms with Crippen LogP contribution in [-0.4, -0.2) is 16.9 Å². The van der Waals surface area contributed by atoms with E-state index in [1.54, 1.807) is 18.2 Å². The maximum atomic E-state index is 12.3. The largest absolute Gasteiger partial charge is 0.397 e. The van der Waals surface area contributed by atoms with Crippen LogP contribution in [0.2, 0.25) is 10.0 Å². The van der Waals surface area contributed by atoms with Gasteiger partial charge in [0, 0.05) is 22.0 Å². The summed E-state index contributed by atoms with van der Waals surface area (Å²) >= 11 is 13.6. The number of carbonyl (C=O) groups is 1. The van der Waals surface area contributed by atoms with Crippen LogP contribution in [0.3, 0.4) is 0 Å². The monoisotopic (exact) mass is 377 g/mol. The van der Waals surface area contributed by atoms with Gasteiger partial charge in [0.25, 0.3) is 5.91 Å². The number of hydrogen-bond donors (Lipinski definition) is 2. The smallest absolute Gasteiger partial charge is 0.263 e. The maximum absolute atomic E-state index is 12.3. The molecule has 0 bridgehead atoms. The number of carbonyl (C=O) groups excluding carboxylic acids is 1. The molecule has 0 radical (unpaired) electrons. The van der Waals surface area contributed by atoms with Crippen molar-refractivity contribution in [2.24, 2.45) is 0 Å². The van der Waals surface area contributed by atoms with Gasteiger partial charge in [-0.25, -0.2) is 4.98 Å². The third-order valence-corrected chi connectivity index (χ3v) is 5.60. The van der Waals surface area contributed by atoms with Crippen LogP contribution in [0, 0.1) is 0 Å². The van der Waals surface area contributed by atoms with Gasteiger partial charge in [0.05, 0.1) is 16.4 Å². The third kappa shape index (κ3) is 2.83. The molecule has 1 fully saturated rings. The molecule has 1 aliphatic carbocycles. The highest BCUT2D eigenvalue weighted by atomic mass is 35.5. The van der Waals surface area contributed by atoms with Crippen molar-refractivity contribution in [3.63, 3.8) is 0 Å². The van der Waals surface area contributed by atoms with Crippen molar-refractivity contribution in [1.82, 2.24) is 10.3 Å². The molecule has 0 saturated heterocycles. The zero-order chi connectivity index (χ0) is 16.8. The Morgan fingerprint density at radius 3 is 2.79 bits per heavy atom. The molecule has 3 N–H and O–H groups in total. The number of nitrogens with zero attached hydrogens (tertiary/aromatic N) is 1. The minimum atomic E-state index is -0.125. The van der Waals surface area contributed by atoms with E-state index in [0.717, 1.165) is 23.8 Å². The molecule has 1 saturated carbocycles. The van der Waals surface area contributed by atoms with Crippen LogP contribution in [0.25, 0.3) is 21.5 Å². The molecule has 1 aliphatic rings. The van der Waals surface area contributed by atoms with Crippen molar-refractivity contribution in [2.45, 2.75) is 18.9 Å². The Balaban J connectivity index is 1.78. The molecule has 4 nitrogen and oxygen atoms in total. The minimum Gasteiger partial charge on any atom is -0.397 e. The fourth-order valence-corrected chi connectivity index (χ4v) is 3.87. The van der Waals surface area contributed by atoms with Crippen LogP contribution < -0.4 is 11.1 Å². The Hall–Kier alpha value is -1.82. The summed E-state index contributed by atoms with van der Waals surface area (Å²) in [5.74, 6) is -0.125. The molecule has 3 aromatic rings. The van der Waals surface area contributed by atoms with Crippen LogP contribution in [0.4, 0.5) is 5.69 Å². The van der Waals surface area contributed by atoms with Crippen LogP contribution in [-0.2, 0) is 0 Å². The first kappa shape index (κ1) is 15.7. The summed E-state index contributed by atoms with van der Waals surface area (Å²) in [7, 11) is 0. The molecular weight excluding hydrogens is 365 g/mol. The zero-order valence-corrected chi connectivity index (χ0v) is 14.8. The number of anilines is 1. The Labute approximate surface area is 152 Å². The Morgan fingerprint density at radius 2 is 2.04 bits per heavy atom. The third-order valence-electron chi connectivity index (χ3n) is 3.92. The van der Waals surface area contributed by atoms with Gasteiger partial charge in [0.2, 0.25) is 0 Å². The average Bonchev–Trinajstić information content (AvgIpc) is 3.31. The van der Waals surface area contributed by atoms with Crippen molar-refractivity contribution < 1.29 is 4.79 Å². The summed E-state index contributed by atoms with van der Waals surface area (Å²) in [6.45, 7) is 0. The Kier molecular flexibility index (Phi) is 3.87. The first-order chi connectivity index (χ1) is 11.5. The number of rotatable bonds is 3. The minimum absolute atomic E-state index is 0.125. The first-order valence-corrected chi connectivity index (χ1v) is 9.05. The van der Waals surface area contributed by atoms with Gasteiger partial charge in [-0.1, -0.05) is 23.2 Å². The van der Waals surface area contributed by atoms with Gasteiger partial charge in [0.15, 0.2) is 0 Å². The quantitative estimate of drug-likeness (QED) is 0.692. The lowest BCUT2D eigenvalue weighted by Gasteiger charge is -2.04. The van der Waals surface area contributed by atoms with Crippen molar-refractivity contribution >= 4 is 56.3 Å². The highest BCUT2D eigenvalue weighted by molar-refractivity contribution is 7.21. The molecule has 2 heterocycles. The normalized spacial score (nSPS) is 14.1. The van der Waals surface area contributed by atoms with Gasteiger partial charge < -0.3 is 11.1 Å². The predicted octanol–water partition coefficient (Wildman–Crippen LogP) is 4.74. The number of hydrogen-bond acceptors (Lipinski definition) is 4. The highest BCUT2D eigenvalue weighted by Crippen LogP contribution is 2.36. The number of fused-ring (bicyclic) bond motifs is 1. The molecule has 0 unspecified atom stereocenters. The number of nitrogens with two attached hydrogens (primary N) is 1. The summed E-state index contributed by atoms with van der Waals surface area (Å²) in [5.41, 5.74) is 8.07. The first-order valence-electron chi connectivity index (χ1n) is 7.48. The van der Waals surface area contributed by atoms with Crippen molar-refractivity contribution in [1.29, 1.82) is 0 Å². The number of pyridine rings is 1. The number of nitrogens with one attached hydrogen (secondary N) is 1. The summed E-state index contributed by atoms with van der Waals surface area (Å²) in [6, 6.07) is 9.24. The fourth-order valence-electron chi connectivity index (χ4n) is 2.49. The van der Waals surface area contributed by atoms with E-state index in [2.05, 4.69) is 10.3 Å². The Morgan fingerprint density at radius 1 is 1.25 bits per heavy atom. The van der Waals surface area contributed by atoms with Gasteiger partial charge >= 0.3 is 0 Å². The average molecular weight is 378 g/mol. The Bertz CT molecular complexity index is 966. The molecule has 1 aromatic carbocycles. The number of thiophene rings is 1. The lowest BCUT2D eigenvalue weighted by Crippen LogP contribution is -2.25. The van der Waals surface area contributed by atoms with Crippen LogP contribution in [0.5, 0.6) is 0 Å². The molecule has 2 aromatic heterocycles. The topological polar surface area (TPSA) is 68.0 Å². The van der Waals surface area contributed by atoms with E-state index >= 15 is 0 Å². The van der Waals surface area contributed by atoms with Crippen molar-refractivity contribution in [3.05, 3.63) is 45.3 Å². The second-order valence-corrected chi connectivity index (χ2v) is 7.61. The van der Waals surface area contributed by atoms with E-state index < -0.39 is 0 Å². The molecule has 0 atom stereocenters. The van der Waals surface area contributed by atoms with E-state index in [1.807, 2.05) is 12.1 Å². The molecule has 24 heavy (non-hydrogen) atoms. The maximum Gasteiger partial charge on any atom is 0.263 e. The van der Waals surface area contributed by atoms with Gasteiger partial charge in [0.1, 0.15) is 9.71 Å². The van der Waals surface area contributed by atoms with E-state index in [1.165, 1.54) is 11.3 Å². The van der Waals surface area contributed by atoms with Gasteiger partial charge in [-0.2, -0.15) is 0 Å². The molecular formula is C17H13Cl2N3OS. The second-order valence-electron chi connectivity index (χ2n) is 5.77. The number of benzene rings is 1. The molecule has 1 amide bonds. The van der Waals surface area contributed by atoms with E-state index in [-0.39, 0.29) is 11.9 Å². The molecule has 7 heteroatoms. The van der Waals surface area contributed by atoms with Gasteiger partial charge in [-0.3, -0.25) is 4.79 Å². The van der Waals surface area contributed by atoms with E-state index in [0.29, 0.717) is 31.1 Å². The number of amides is 1. The summed E-state index contributed by atoms with van der Waals surface area (Å²) < 4.78 is 0. The van der Waals surface area contributed by atoms with Crippen LogP contribution in [0.1, 0.15) is 22.5 Å². The highest BCUT2D eigenvalue weighted by Gasteiger charge is 2.26. The standard InChI is InChI=1S/C17H13Cl2N3OS/c18-8-1-5-12(19)11(7-8)13-6-4-10-14(20)15(24-17(10)22-13)16(23)21-9-2-3-9/h1,4-7,9H,2-3,20H2,(H,21,23). The fraction of sp³-hybridized carbons (Fsp3) is 0.176. The molecule has 122 valence electrons. The predicted molar refractivity (Wildman–Crippen MR) is 100.0 cm³/mol. The lowest BCUT2D eigenvalue weighted by atomic mass is 10.1. The van der Waals surface area contributed by atoms with Gasteiger partial charge in [-0.15, -0.1) is 11.3 Å². The zero-order valence-electron chi connectivity index (χ0n) is 12.5. The molecule has 0 spiro atoms. The lowest BCUT2D eigenvalue weighted by molar-refractivity contribution is 0.0956. The van der Waals surface area contributed by atoms with Crippen molar-refractivity contribution in [2.75, 3.05) is 5.73 Å². The van der Waals surface area contributed by atoms with Crippen LogP contribution >= 0.6 is 34.5 Å². The van der Waals surface area contributed by atoms with Gasteiger partial charge in [-0.05, 0) is 43.2 Å². The summed E-state index contributed by atoms with van der Waals surface area (Å²) in [5, 5.41) is 4.90. The number of nitrogen functional groups attached to an aromatic ring is 1. The van der Waals surface area contributed by atoms with Crippen LogP contribution in [0.15, 0.2) is 30.3 Å². The van der Waals surface area contributed by atoms with E-state index in [9.17, 15) is 4.79 Å². The SMILES string of the molecule is Nc1c(C(=O)NC2CC2)sc2nc(-c3cc(Cl)ccc3Cl)ccc12. The number of aromatic nitrogens is 1. The summed E-state index contributed by atoms with van der Waals surface area (Å²) in [6.07, 6.45) is 2.07. The molecule has 0 aliphatic heterocycles. The summed E-state index contributed by atoms with van der Waals surface area (Å²) in [4.78, 5) is 18.1. The second kappa shape index (κ2) is 5.92.